The highest BCUT2D eigenvalue weighted by Gasteiger charge is 2.42. The van der Waals surface area contributed by atoms with E-state index < -0.39 is 35.8 Å². The summed E-state index contributed by atoms with van der Waals surface area (Å²) in [6.07, 6.45) is -1.35. The third kappa shape index (κ3) is 4.74. The van der Waals surface area contributed by atoms with Crippen LogP contribution in [-0.2, 0) is 14.3 Å². The second kappa shape index (κ2) is 9.99. The number of carbonyl (C=O) groups is 4. The van der Waals surface area contributed by atoms with Gasteiger partial charge in [-0.3, -0.25) is 19.3 Å². The van der Waals surface area contributed by atoms with E-state index in [0.29, 0.717) is 17.0 Å². The van der Waals surface area contributed by atoms with E-state index in [0.717, 1.165) is 4.90 Å². The number of fused-ring (bicyclic) bond motifs is 1. The second-order valence-electron chi connectivity index (χ2n) is 7.77. The molecule has 0 fully saturated rings. The third-order valence-electron chi connectivity index (χ3n) is 5.55. The summed E-state index contributed by atoms with van der Waals surface area (Å²) in [6, 6.07) is 18.2. The van der Waals surface area contributed by atoms with Gasteiger partial charge < -0.3 is 14.8 Å². The molecule has 3 aromatic carbocycles. The van der Waals surface area contributed by atoms with Crippen LogP contribution in [0.3, 0.4) is 0 Å². The lowest BCUT2D eigenvalue weighted by Gasteiger charge is -2.24. The molecule has 0 saturated heterocycles. The van der Waals surface area contributed by atoms with Crippen molar-refractivity contribution in [1.82, 2.24) is 4.90 Å². The summed E-state index contributed by atoms with van der Waals surface area (Å²) in [7, 11) is 1.47. The van der Waals surface area contributed by atoms with Crippen molar-refractivity contribution >= 4 is 41.0 Å². The molecular formula is C26H21ClN2O6. The zero-order chi connectivity index (χ0) is 25.1. The first-order chi connectivity index (χ1) is 16.8. The number of methoxy groups -OCH3 is 1. The molecule has 1 aliphatic rings. The number of hydrogen-bond donors (Lipinski definition) is 1. The van der Waals surface area contributed by atoms with Crippen LogP contribution in [0.4, 0.5) is 5.69 Å². The Morgan fingerprint density at radius 3 is 2.09 bits per heavy atom. The van der Waals surface area contributed by atoms with Crippen molar-refractivity contribution in [2.24, 2.45) is 0 Å². The molecule has 1 aliphatic heterocycles. The van der Waals surface area contributed by atoms with Gasteiger partial charge in [0.2, 0.25) is 6.10 Å². The molecule has 1 N–H and O–H groups in total. The maximum Gasteiger partial charge on any atom is 0.330 e. The van der Waals surface area contributed by atoms with Crippen molar-refractivity contribution in [3.63, 3.8) is 0 Å². The van der Waals surface area contributed by atoms with E-state index in [4.69, 9.17) is 21.1 Å². The molecule has 0 aliphatic carbocycles. The highest BCUT2D eigenvalue weighted by Crippen LogP contribution is 2.29. The molecule has 2 unspecified atom stereocenters. The summed E-state index contributed by atoms with van der Waals surface area (Å²) in [4.78, 5) is 52.6. The van der Waals surface area contributed by atoms with Gasteiger partial charge in [0, 0.05) is 11.3 Å². The van der Waals surface area contributed by atoms with Crippen molar-refractivity contribution < 1.29 is 28.7 Å². The number of nitrogens with one attached hydrogen (secondary N) is 1. The Bertz CT molecular complexity index is 1280. The van der Waals surface area contributed by atoms with Gasteiger partial charge in [0.1, 0.15) is 11.8 Å². The van der Waals surface area contributed by atoms with Gasteiger partial charge in [-0.1, -0.05) is 54.1 Å². The first-order valence-electron chi connectivity index (χ1n) is 10.7. The summed E-state index contributed by atoms with van der Waals surface area (Å²) < 4.78 is 10.7. The molecule has 0 radical (unpaired) electrons. The average Bonchev–Trinajstić information content (AvgIpc) is 3.12. The number of nitrogens with zero attached hydrogens (tertiary/aromatic N) is 1. The Morgan fingerprint density at radius 2 is 1.51 bits per heavy atom. The lowest BCUT2D eigenvalue weighted by Crippen LogP contribution is -2.44. The topological polar surface area (TPSA) is 102 Å². The predicted molar refractivity (Wildman–Crippen MR) is 128 cm³/mol. The van der Waals surface area contributed by atoms with Crippen LogP contribution in [0.2, 0.25) is 5.02 Å². The van der Waals surface area contributed by atoms with E-state index in [-0.39, 0.29) is 16.1 Å². The maximum atomic E-state index is 13.2. The van der Waals surface area contributed by atoms with E-state index in [1.165, 1.54) is 32.2 Å². The number of amides is 3. The average molecular weight is 493 g/mol. The van der Waals surface area contributed by atoms with Gasteiger partial charge in [-0.25, -0.2) is 4.79 Å². The van der Waals surface area contributed by atoms with Crippen LogP contribution in [0.1, 0.15) is 39.3 Å². The normalized spacial score (nSPS) is 14.2. The van der Waals surface area contributed by atoms with Gasteiger partial charge >= 0.3 is 5.97 Å². The number of hydrogen-bond acceptors (Lipinski definition) is 6. The number of ether oxygens (including phenoxy) is 2. The van der Waals surface area contributed by atoms with Gasteiger partial charge in [0.05, 0.1) is 23.3 Å². The first kappa shape index (κ1) is 24.0. The zero-order valence-electron chi connectivity index (χ0n) is 18.9. The van der Waals surface area contributed by atoms with E-state index in [2.05, 4.69) is 5.32 Å². The molecule has 3 aromatic rings. The molecular weight excluding hydrogens is 472 g/mol. The fraction of sp³-hybridized carbons (Fsp3) is 0.154. The van der Waals surface area contributed by atoms with Crippen LogP contribution >= 0.6 is 11.6 Å². The summed E-state index contributed by atoms with van der Waals surface area (Å²) in [6.45, 7) is 1.38. The molecule has 0 saturated carbocycles. The highest BCUT2D eigenvalue weighted by atomic mass is 35.5. The number of halogens is 1. The molecule has 3 amide bonds. The number of carbonyl (C=O) groups excluding carboxylic acids is 4. The Hall–Kier alpha value is -4.17. The molecule has 1 heterocycles. The molecule has 2 atom stereocenters. The molecule has 0 aromatic heterocycles. The first-order valence-corrected chi connectivity index (χ1v) is 11.1. The summed E-state index contributed by atoms with van der Waals surface area (Å²) >= 11 is 6.14. The standard InChI is InChI=1S/C26H21ClN2O6/c1-15(29-24(31)18-10-6-7-11-19(18)25(29)32)26(33)35-22(16-8-4-3-5-9-16)23(30)28-17-12-13-21(34-2)20(27)14-17/h3-15,22H,1-2H3,(H,28,30). The quantitative estimate of drug-likeness (QED) is 0.390. The number of esters is 1. The molecule has 9 heteroatoms. The molecule has 8 nitrogen and oxygen atoms in total. The minimum Gasteiger partial charge on any atom is -0.495 e. The lowest BCUT2D eigenvalue weighted by molar-refractivity contribution is -0.158. The lowest BCUT2D eigenvalue weighted by atomic mass is 10.1. The largest absolute Gasteiger partial charge is 0.495 e. The van der Waals surface area contributed by atoms with Crippen molar-refractivity contribution in [1.29, 1.82) is 0 Å². The van der Waals surface area contributed by atoms with E-state index in [9.17, 15) is 19.2 Å². The van der Waals surface area contributed by atoms with Crippen LogP contribution in [0, 0.1) is 0 Å². The number of rotatable bonds is 7. The van der Waals surface area contributed by atoms with Crippen molar-refractivity contribution in [3.05, 3.63) is 94.5 Å². The van der Waals surface area contributed by atoms with Crippen molar-refractivity contribution in [3.8, 4) is 5.75 Å². The van der Waals surface area contributed by atoms with Gasteiger partial charge in [-0.15, -0.1) is 0 Å². The van der Waals surface area contributed by atoms with Gasteiger partial charge in [0.25, 0.3) is 17.7 Å². The third-order valence-corrected chi connectivity index (χ3v) is 5.84. The van der Waals surface area contributed by atoms with Gasteiger partial charge in [-0.05, 0) is 37.3 Å². The molecule has 0 spiro atoms. The van der Waals surface area contributed by atoms with Crippen molar-refractivity contribution in [2.45, 2.75) is 19.1 Å². The predicted octanol–water partition coefficient (Wildman–Crippen LogP) is 4.26. The summed E-state index contributed by atoms with van der Waals surface area (Å²) in [5, 5.41) is 2.96. The number of anilines is 1. The maximum absolute atomic E-state index is 13.2. The second-order valence-corrected chi connectivity index (χ2v) is 8.18. The van der Waals surface area contributed by atoms with Crippen LogP contribution in [0.5, 0.6) is 5.75 Å². The Morgan fingerprint density at radius 1 is 0.914 bits per heavy atom. The molecule has 0 bridgehead atoms. The summed E-state index contributed by atoms with van der Waals surface area (Å²) in [5.41, 5.74) is 1.20. The van der Waals surface area contributed by atoms with Crippen LogP contribution in [-0.4, -0.2) is 41.7 Å². The Kier molecular flexibility index (Phi) is 6.84. The molecule has 4 rings (SSSR count). The molecule has 178 valence electrons. The van der Waals surface area contributed by atoms with Crippen molar-refractivity contribution in [2.75, 3.05) is 12.4 Å². The monoisotopic (exact) mass is 492 g/mol. The fourth-order valence-electron chi connectivity index (χ4n) is 3.73. The highest BCUT2D eigenvalue weighted by molar-refractivity contribution is 6.32. The van der Waals surface area contributed by atoms with Crippen LogP contribution in [0.15, 0.2) is 72.8 Å². The number of imide groups is 1. The van der Waals surface area contributed by atoms with E-state index in [1.54, 1.807) is 54.6 Å². The smallest absolute Gasteiger partial charge is 0.330 e. The molecule has 35 heavy (non-hydrogen) atoms. The van der Waals surface area contributed by atoms with Crippen LogP contribution in [0.25, 0.3) is 0 Å². The van der Waals surface area contributed by atoms with Crippen LogP contribution < -0.4 is 10.1 Å². The van der Waals surface area contributed by atoms with Gasteiger partial charge in [-0.2, -0.15) is 0 Å². The Balaban J connectivity index is 1.56. The van der Waals surface area contributed by atoms with Gasteiger partial charge in [0.15, 0.2) is 0 Å². The van der Waals surface area contributed by atoms with E-state index >= 15 is 0 Å². The number of benzene rings is 3. The zero-order valence-corrected chi connectivity index (χ0v) is 19.6. The summed E-state index contributed by atoms with van der Waals surface area (Å²) in [5.74, 6) is -2.30. The fourth-order valence-corrected chi connectivity index (χ4v) is 3.99. The van der Waals surface area contributed by atoms with E-state index in [1.807, 2.05) is 0 Å². The Labute approximate surface area is 206 Å². The SMILES string of the molecule is COc1ccc(NC(=O)C(OC(=O)C(C)N2C(=O)c3ccccc3C2=O)c2ccccc2)cc1Cl. The minimum atomic E-state index is -1.35. The minimum absolute atomic E-state index is 0.214.